The number of nitrogens with zero attached hydrogens (tertiary/aromatic N) is 1. The first-order valence-corrected chi connectivity index (χ1v) is 9.01. The van der Waals surface area contributed by atoms with Crippen LogP contribution in [0, 0.1) is 0 Å². The molecule has 0 aromatic heterocycles. The number of amides is 1. The van der Waals surface area contributed by atoms with Crippen molar-refractivity contribution < 1.29 is 19.0 Å². The van der Waals surface area contributed by atoms with E-state index in [1.54, 1.807) is 30.3 Å². The topological polar surface area (TPSA) is 69.2 Å². The van der Waals surface area contributed by atoms with E-state index in [2.05, 4.69) is 10.5 Å². The predicted octanol–water partition coefficient (Wildman–Crippen LogP) is 4.56. The molecule has 0 aliphatic carbocycles. The third-order valence-corrected chi connectivity index (χ3v) is 3.98. The van der Waals surface area contributed by atoms with E-state index in [9.17, 15) is 4.79 Å². The van der Waals surface area contributed by atoms with E-state index >= 15 is 0 Å². The Labute approximate surface area is 168 Å². The van der Waals surface area contributed by atoms with Gasteiger partial charge < -0.3 is 14.2 Å². The summed E-state index contributed by atoms with van der Waals surface area (Å²) in [4.78, 5) is 12.3. The Bertz CT molecular complexity index is 817. The van der Waals surface area contributed by atoms with Crippen LogP contribution in [0.3, 0.4) is 0 Å². The van der Waals surface area contributed by atoms with Crippen LogP contribution in [0.1, 0.15) is 29.8 Å². The monoisotopic (exact) mass is 410 g/mol. The molecule has 6 nitrogen and oxygen atoms in total. The molecule has 0 fully saturated rings. The first kappa shape index (κ1) is 20.9. The molecule has 144 valence electrons. The van der Waals surface area contributed by atoms with E-state index in [-0.39, 0.29) is 0 Å². The zero-order valence-electron chi connectivity index (χ0n) is 15.2. The van der Waals surface area contributed by atoms with Crippen LogP contribution in [0.4, 0.5) is 0 Å². The van der Waals surface area contributed by atoms with E-state index in [0.29, 0.717) is 51.6 Å². The van der Waals surface area contributed by atoms with Gasteiger partial charge in [0.15, 0.2) is 17.2 Å². The number of hydrazone groups is 1. The van der Waals surface area contributed by atoms with Gasteiger partial charge in [-0.2, -0.15) is 5.10 Å². The minimum absolute atomic E-state index is 0.369. The average molecular weight is 411 g/mol. The van der Waals surface area contributed by atoms with Crippen LogP contribution in [-0.2, 0) is 0 Å². The molecule has 8 heteroatoms. The van der Waals surface area contributed by atoms with Gasteiger partial charge in [-0.05, 0) is 49.7 Å². The quantitative estimate of drug-likeness (QED) is 0.511. The lowest BCUT2D eigenvalue weighted by Crippen LogP contribution is -2.17. The number of benzene rings is 2. The first-order chi connectivity index (χ1) is 13.0. The highest BCUT2D eigenvalue weighted by molar-refractivity contribution is 6.37. The first-order valence-electron chi connectivity index (χ1n) is 8.26. The summed E-state index contributed by atoms with van der Waals surface area (Å²) in [5.41, 5.74) is 3.46. The molecule has 0 unspecified atom stereocenters. The highest BCUT2D eigenvalue weighted by Crippen LogP contribution is 2.33. The minimum atomic E-state index is -0.391. The third kappa shape index (κ3) is 5.52. The standard InChI is InChI=1S/C19H20Cl2N2O4/c1-4-26-17-10-13(6-7-16(17)25-3)19(24)23-22-11-12-8-14(20)18(27-5-2)15(21)9-12/h6-11H,4-5H2,1-3H3,(H,23,24)/b22-11+. The molecule has 0 saturated heterocycles. The molecule has 0 aliphatic heterocycles. The third-order valence-electron chi connectivity index (χ3n) is 3.41. The molecule has 0 spiro atoms. The van der Waals surface area contributed by atoms with Crippen LogP contribution in [0.25, 0.3) is 0 Å². The normalized spacial score (nSPS) is 10.7. The number of rotatable bonds is 8. The lowest BCUT2D eigenvalue weighted by atomic mass is 10.2. The summed E-state index contributed by atoms with van der Waals surface area (Å²) < 4.78 is 16.0. The molecule has 0 radical (unpaired) electrons. The predicted molar refractivity (Wildman–Crippen MR) is 107 cm³/mol. The summed E-state index contributed by atoms with van der Waals surface area (Å²) >= 11 is 12.3. The van der Waals surface area contributed by atoms with Gasteiger partial charge in [0.1, 0.15) is 0 Å². The van der Waals surface area contributed by atoms with Crippen molar-refractivity contribution in [1.82, 2.24) is 5.43 Å². The highest BCUT2D eigenvalue weighted by Gasteiger charge is 2.11. The molecule has 27 heavy (non-hydrogen) atoms. The Morgan fingerprint density at radius 1 is 1.07 bits per heavy atom. The number of halogens is 2. The van der Waals surface area contributed by atoms with Gasteiger partial charge in [-0.3, -0.25) is 4.79 Å². The van der Waals surface area contributed by atoms with Crippen LogP contribution in [0.15, 0.2) is 35.4 Å². The van der Waals surface area contributed by atoms with Crippen LogP contribution >= 0.6 is 23.2 Å². The fourth-order valence-corrected chi connectivity index (χ4v) is 2.87. The van der Waals surface area contributed by atoms with Gasteiger partial charge in [0, 0.05) is 5.56 Å². The van der Waals surface area contributed by atoms with Gasteiger partial charge in [-0.1, -0.05) is 23.2 Å². The molecular formula is C19H20Cl2N2O4. The summed E-state index contributed by atoms with van der Waals surface area (Å²) in [5, 5.41) is 4.68. The Balaban J connectivity index is 2.10. The van der Waals surface area contributed by atoms with Crippen LogP contribution in [-0.4, -0.2) is 32.4 Å². The molecule has 0 saturated carbocycles. The lowest BCUT2D eigenvalue weighted by Gasteiger charge is -2.10. The summed E-state index contributed by atoms with van der Waals surface area (Å²) in [7, 11) is 1.54. The van der Waals surface area contributed by atoms with Crippen molar-refractivity contribution in [1.29, 1.82) is 0 Å². The van der Waals surface area contributed by atoms with Gasteiger partial charge in [0.2, 0.25) is 0 Å². The molecule has 2 aromatic carbocycles. The molecule has 0 atom stereocenters. The number of ether oxygens (including phenoxy) is 3. The van der Waals surface area contributed by atoms with Gasteiger partial charge in [-0.15, -0.1) is 0 Å². The van der Waals surface area contributed by atoms with Gasteiger partial charge >= 0.3 is 0 Å². The Kier molecular flexibility index (Phi) is 7.76. The summed E-state index contributed by atoms with van der Waals surface area (Å²) in [6.45, 7) is 4.60. The van der Waals surface area contributed by atoms with Crippen molar-refractivity contribution in [3.8, 4) is 17.2 Å². The van der Waals surface area contributed by atoms with E-state index in [0.717, 1.165) is 0 Å². The van der Waals surface area contributed by atoms with Gasteiger partial charge in [0.25, 0.3) is 5.91 Å². The second-order valence-electron chi connectivity index (χ2n) is 5.24. The molecule has 0 heterocycles. The Morgan fingerprint density at radius 2 is 1.74 bits per heavy atom. The van der Waals surface area contributed by atoms with Crippen LogP contribution < -0.4 is 19.6 Å². The zero-order chi connectivity index (χ0) is 19.8. The van der Waals surface area contributed by atoms with Crippen molar-refractivity contribution in [2.45, 2.75) is 13.8 Å². The maximum atomic E-state index is 12.3. The van der Waals surface area contributed by atoms with Crippen molar-refractivity contribution in [3.05, 3.63) is 51.5 Å². The van der Waals surface area contributed by atoms with E-state index in [1.807, 2.05) is 13.8 Å². The van der Waals surface area contributed by atoms with E-state index in [4.69, 9.17) is 37.4 Å². The number of methoxy groups -OCH3 is 1. The highest BCUT2D eigenvalue weighted by atomic mass is 35.5. The van der Waals surface area contributed by atoms with E-state index < -0.39 is 5.91 Å². The van der Waals surface area contributed by atoms with Crippen LogP contribution in [0.2, 0.25) is 10.0 Å². The van der Waals surface area contributed by atoms with Gasteiger partial charge in [-0.25, -0.2) is 5.43 Å². The fraction of sp³-hybridized carbons (Fsp3) is 0.263. The average Bonchev–Trinajstić information content (AvgIpc) is 2.65. The summed E-state index contributed by atoms with van der Waals surface area (Å²) in [6, 6.07) is 8.17. The van der Waals surface area contributed by atoms with Crippen molar-refractivity contribution in [3.63, 3.8) is 0 Å². The van der Waals surface area contributed by atoms with Gasteiger partial charge in [0.05, 0.1) is 36.6 Å². The molecule has 1 N–H and O–H groups in total. The number of carbonyl (C=O) groups is 1. The fourth-order valence-electron chi connectivity index (χ4n) is 2.25. The number of nitrogens with one attached hydrogen (secondary N) is 1. The molecule has 2 aromatic rings. The number of hydrogen-bond acceptors (Lipinski definition) is 5. The molecule has 0 bridgehead atoms. The Morgan fingerprint density at radius 3 is 2.33 bits per heavy atom. The SMILES string of the molecule is CCOc1cc(C(=O)N/N=C/c2cc(Cl)c(OCC)c(Cl)c2)ccc1OC. The van der Waals surface area contributed by atoms with Crippen molar-refractivity contribution in [2.75, 3.05) is 20.3 Å². The second-order valence-corrected chi connectivity index (χ2v) is 6.06. The number of carbonyl (C=O) groups excluding carboxylic acids is 1. The second kappa shape index (κ2) is 10.0. The maximum absolute atomic E-state index is 12.3. The van der Waals surface area contributed by atoms with Crippen molar-refractivity contribution >= 4 is 35.3 Å². The molecule has 0 aliphatic rings. The smallest absolute Gasteiger partial charge is 0.271 e. The molecule has 2 rings (SSSR count). The van der Waals surface area contributed by atoms with Crippen LogP contribution in [0.5, 0.6) is 17.2 Å². The molecule has 1 amide bonds. The summed E-state index contributed by atoms with van der Waals surface area (Å²) in [5.74, 6) is 1.07. The molecular weight excluding hydrogens is 391 g/mol. The van der Waals surface area contributed by atoms with E-state index in [1.165, 1.54) is 13.3 Å². The van der Waals surface area contributed by atoms with Crippen molar-refractivity contribution in [2.24, 2.45) is 5.10 Å². The minimum Gasteiger partial charge on any atom is -0.493 e. The largest absolute Gasteiger partial charge is 0.493 e. The summed E-state index contributed by atoms with van der Waals surface area (Å²) in [6.07, 6.45) is 1.44. The zero-order valence-corrected chi connectivity index (χ0v) is 16.7. The number of hydrogen-bond donors (Lipinski definition) is 1. The maximum Gasteiger partial charge on any atom is 0.271 e. The lowest BCUT2D eigenvalue weighted by molar-refractivity contribution is 0.0954. The Hall–Kier alpha value is -2.44.